The molecule has 0 saturated carbocycles. The van der Waals surface area contributed by atoms with E-state index >= 15 is 0 Å². The van der Waals surface area contributed by atoms with Crippen molar-refractivity contribution in [3.63, 3.8) is 0 Å². The Morgan fingerprint density at radius 3 is 2.27 bits per heavy atom. The van der Waals surface area contributed by atoms with Crippen LogP contribution in [-0.2, 0) is 14.4 Å². The van der Waals surface area contributed by atoms with E-state index < -0.39 is 18.1 Å². The van der Waals surface area contributed by atoms with Crippen LogP contribution in [0.1, 0.15) is 20.3 Å². The third kappa shape index (κ3) is 5.21. The van der Waals surface area contributed by atoms with Gasteiger partial charge in [-0.05, 0) is 12.3 Å². The molecule has 1 atom stereocenters. The van der Waals surface area contributed by atoms with Crippen LogP contribution < -0.4 is 5.73 Å². The zero-order valence-electron chi connectivity index (χ0n) is 9.52. The first-order valence-corrected chi connectivity index (χ1v) is 4.66. The molecule has 0 rings (SSSR count). The number of nitrogens with two attached hydrogens (primary N) is 1. The number of carbonyl (C=O) groups excluding carboxylic acids is 2. The van der Waals surface area contributed by atoms with Crippen molar-refractivity contribution in [3.8, 4) is 0 Å². The maximum atomic E-state index is 11.6. The number of primary amides is 1. The molecule has 15 heavy (non-hydrogen) atoms. The molecule has 2 N–H and O–H groups in total. The van der Waals surface area contributed by atoms with Gasteiger partial charge in [0, 0.05) is 7.05 Å². The van der Waals surface area contributed by atoms with Crippen molar-refractivity contribution < 1.29 is 19.2 Å². The summed E-state index contributed by atoms with van der Waals surface area (Å²) in [6.07, 6.45) is -1.43. The minimum atomic E-state index is -0.960. The third-order valence-corrected chi connectivity index (χ3v) is 1.80. The lowest BCUT2D eigenvalue weighted by Gasteiger charge is -2.22. The average Bonchev–Trinajstić information content (AvgIpc) is 2.13. The summed E-state index contributed by atoms with van der Waals surface area (Å²) in [5, 5.41) is 1.01. The normalized spacial score (nSPS) is 12.3. The predicted octanol–water partition coefficient (Wildman–Crippen LogP) is 0.516. The van der Waals surface area contributed by atoms with Gasteiger partial charge in [-0.25, -0.2) is 9.86 Å². The van der Waals surface area contributed by atoms with E-state index in [1.165, 1.54) is 14.2 Å². The molecule has 0 heterocycles. The van der Waals surface area contributed by atoms with Crippen LogP contribution in [0.15, 0.2) is 0 Å². The second kappa shape index (κ2) is 6.23. The van der Waals surface area contributed by atoms with E-state index in [0.717, 1.165) is 5.06 Å². The molecule has 0 spiro atoms. The number of amides is 2. The minimum Gasteiger partial charge on any atom is -0.436 e. The molecule has 0 saturated heterocycles. The zero-order valence-corrected chi connectivity index (χ0v) is 9.52. The lowest BCUT2D eigenvalue weighted by atomic mass is 10.1. The monoisotopic (exact) mass is 218 g/mol. The van der Waals surface area contributed by atoms with Crippen molar-refractivity contribution in [1.82, 2.24) is 5.06 Å². The fraction of sp³-hybridized carbons (Fsp3) is 0.778. The standard InChI is InChI=1S/C9H18N2O4/c1-6(2)5-7(15-9(10)13)8(12)11(3)14-4/h6-7H,5H2,1-4H3,(H2,10,13)/t7-/m0/s1. The maximum absolute atomic E-state index is 11.6. The first-order valence-electron chi connectivity index (χ1n) is 4.66. The highest BCUT2D eigenvalue weighted by Crippen LogP contribution is 2.10. The number of ether oxygens (including phenoxy) is 1. The average molecular weight is 218 g/mol. The van der Waals surface area contributed by atoms with Crippen LogP contribution in [0.3, 0.4) is 0 Å². The van der Waals surface area contributed by atoms with Gasteiger partial charge >= 0.3 is 6.09 Å². The zero-order chi connectivity index (χ0) is 12.0. The molecule has 0 unspecified atom stereocenters. The van der Waals surface area contributed by atoms with Crippen molar-refractivity contribution in [1.29, 1.82) is 0 Å². The van der Waals surface area contributed by atoms with E-state index in [1.54, 1.807) is 0 Å². The molecule has 0 fully saturated rings. The van der Waals surface area contributed by atoms with Crippen LogP contribution in [0, 0.1) is 5.92 Å². The number of carbonyl (C=O) groups is 2. The summed E-state index contributed by atoms with van der Waals surface area (Å²) in [5.74, 6) is -0.214. The first-order chi connectivity index (χ1) is 6.88. The summed E-state index contributed by atoms with van der Waals surface area (Å²) in [5.41, 5.74) is 4.88. The van der Waals surface area contributed by atoms with E-state index in [1.807, 2.05) is 13.8 Å². The van der Waals surface area contributed by atoms with Crippen molar-refractivity contribution >= 4 is 12.0 Å². The predicted molar refractivity (Wildman–Crippen MR) is 53.7 cm³/mol. The van der Waals surface area contributed by atoms with Gasteiger partial charge in [0.25, 0.3) is 5.91 Å². The Balaban J connectivity index is 4.47. The van der Waals surface area contributed by atoms with E-state index in [9.17, 15) is 9.59 Å². The van der Waals surface area contributed by atoms with Crippen LogP contribution in [-0.4, -0.2) is 37.3 Å². The molecule has 0 aromatic heterocycles. The maximum Gasteiger partial charge on any atom is 0.405 e. The van der Waals surface area contributed by atoms with Crippen molar-refractivity contribution in [3.05, 3.63) is 0 Å². The highest BCUT2D eigenvalue weighted by Gasteiger charge is 2.26. The van der Waals surface area contributed by atoms with Crippen LogP contribution >= 0.6 is 0 Å². The molecule has 6 nitrogen and oxygen atoms in total. The number of hydrogen-bond donors (Lipinski definition) is 1. The molecule has 0 aromatic carbocycles. The number of nitrogens with zero attached hydrogens (tertiary/aromatic N) is 1. The highest BCUT2D eigenvalue weighted by molar-refractivity contribution is 5.82. The smallest absolute Gasteiger partial charge is 0.405 e. The molecular formula is C9H18N2O4. The Morgan fingerprint density at radius 1 is 1.40 bits per heavy atom. The van der Waals surface area contributed by atoms with Gasteiger partial charge in [-0.1, -0.05) is 13.8 Å². The second-order valence-electron chi connectivity index (χ2n) is 3.57. The summed E-state index contributed by atoms with van der Waals surface area (Å²) < 4.78 is 4.71. The number of rotatable bonds is 5. The van der Waals surface area contributed by atoms with Crippen LogP contribution in [0.4, 0.5) is 4.79 Å². The molecule has 6 heteroatoms. The van der Waals surface area contributed by atoms with E-state index in [-0.39, 0.29) is 5.92 Å². The van der Waals surface area contributed by atoms with Gasteiger partial charge in [0.15, 0.2) is 6.10 Å². The van der Waals surface area contributed by atoms with Gasteiger partial charge in [0.2, 0.25) is 0 Å². The van der Waals surface area contributed by atoms with Crippen molar-refractivity contribution in [2.45, 2.75) is 26.4 Å². The van der Waals surface area contributed by atoms with Gasteiger partial charge in [0.05, 0.1) is 7.11 Å². The second-order valence-corrected chi connectivity index (χ2v) is 3.57. The Kier molecular flexibility index (Phi) is 5.69. The Hall–Kier alpha value is -1.30. The van der Waals surface area contributed by atoms with Crippen LogP contribution in [0.2, 0.25) is 0 Å². The lowest BCUT2D eigenvalue weighted by molar-refractivity contribution is -0.178. The van der Waals surface area contributed by atoms with Gasteiger partial charge in [-0.2, -0.15) is 0 Å². The van der Waals surface area contributed by atoms with Gasteiger partial charge in [0.1, 0.15) is 0 Å². The fourth-order valence-corrected chi connectivity index (χ4v) is 1.06. The number of hydrogen-bond acceptors (Lipinski definition) is 4. The molecule has 2 amide bonds. The summed E-state index contributed by atoms with van der Waals surface area (Å²) >= 11 is 0. The van der Waals surface area contributed by atoms with E-state index in [4.69, 9.17) is 15.3 Å². The Labute approximate surface area is 89.3 Å². The molecule has 88 valence electrons. The Bertz CT molecular complexity index is 230. The summed E-state index contributed by atoms with van der Waals surface area (Å²) in [6, 6.07) is 0. The van der Waals surface area contributed by atoms with Gasteiger partial charge in [-0.15, -0.1) is 0 Å². The fourth-order valence-electron chi connectivity index (χ4n) is 1.06. The van der Waals surface area contributed by atoms with Crippen molar-refractivity contribution in [2.24, 2.45) is 11.7 Å². The summed E-state index contributed by atoms with van der Waals surface area (Å²) in [6.45, 7) is 3.83. The molecule has 0 aliphatic carbocycles. The SMILES string of the molecule is CON(C)C(=O)[C@H](CC(C)C)OC(N)=O. The molecule has 0 aliphatic rings. The Morgan fingerprint density at radius 2 is 1.93 bits per heavy atom. The van der Waals surface area contributed by atoms with Crippen molar-refractivity contribution in [2.75, 3.05) is 14.2 Å². The minimum absolute atomic E-state index is 0.212. The topological polar surface area (TPSA) is 81.9 Å². The largest absolute Gasteiger partial charge is 0.436 e. The molecule has 0 aliphatic heterocycles. The van der Waals surface area contributed by atoms with Crippen LogP contribution in [0.25, 0.3) is 0 Å². The van der Waals surface area contributed by atoms with Gasteiger partial charge < -0.3 is 10.5 Å². The highest BCUT2D eigenvalue weighted by atomic mass is 16.7. The van der Waals surface area contributed by atoms with E-state index in [2.05, 4.69) is 0 Å². The van der Waals surface area contributed by atoms with E-state index in [0.29, 0.717) is 6.42 Å². The quantitative estimate of drug-likeness (QED) is 0.682. The molecule has 0 bridgehead atoms. The molecule has 0 radical (unpaired) electrons. The number of hydroxylamine groups is 2. The molecule has 0 aromatic rings. The first kappa shape index (κ1) is 13.7. The van der Waals surface area contributed by atoms with Crippen LogP contribution in [0.5, 0.6) is 0 Å². The third-order valence-electron chi connectivity index (χ3n) is 1.80. The summed E-state index contributed by atoms with van der Waals surface area (Å²) in [7, 11) is 2.80. The van der Waals surface area contributed by atoms with Gasteiger partial charge in [-0.3, -0.25) is 9.63 Å². The molecular weight excluding hydrogens is 200 g/mol. The number of likely N-dealkylation sites (N-methyl/N-ethyl adjacent to an activating group) is 1. The summed E-state index contributed by atoms with van der Waals surface area (Å²) in [4.78, 5) is 26.9. The lowest BCUT2D eigenvalue weighted by Crippen LogP contribution is -2.40.